The highest BCUT2D eigenvalue weighted by atomic mass is 15.0. The number of aromatic nitrogens is 8. The Kier molecular flexibility index (Phi) is 20.0. The normalized spacial score (nSPS) is 11.3. The van der Waals surface area contributed by atoms with Gasteiger partial charge >= 0.3 is 0 Å². The molecule has 16 rings (SSSR count). The summed E-state index contributed by atoms with van der Waals surface area (Å²) in [6.07, 6.45) is 17.3. The first-order valence-corrected chi connectivity index (χ1v) is 36.4. The number of benzene rings is 8. The SMILES string of the molecule is Cc1c(-c2cccn2C)cc(C(C)(C)C)cc1-[n+]1cc2ccccc2cc1C.Cc1cc(-c2cccn2C)c(C)c(-[n+]2cc3ccccc3cc2C)c1.Cc1cc(C)c(-[n+]2cc3ccccc3cc2C)c(C)c1-c1cccn1C.[C-]#[N+]c1cc(-c2cccn2C)c(C)c(-[n+]2cc3ccccc3cc2C)c1. The molecule has 0 saturated heterocycles. The molecule has 0 aliphatic heterocycles. The molecule has 0 radical (unpaired) electrons. The van der Waals surface area contributed by atoms with Crippen LogP contribution < -0.4 is 18.3 Å². The summed E-state index contributed by atoms with van der Waals surface area (Å²) < 4.78 is 17.9. The Balaban J connectivity index is 0.000000124. The fourth-order valence-electron chi connectivity index (χ4n) is 15.4. The first-order chi connectivity index (χ1) is 50.3. The summed E-state index contributed by atoms with van der Waals surface area (Å²) in [5, 5.41) is 10.0. The van der Waals surface area contributed by atoms with E-state index in [1.54, 1.807) is 0 Å². The van der Waals surface area contributed by atoms with Gasteiger partial charge in [-0.1, -0.05) is 93.6 Å². The summed E-state index contributed by atoms with van der Waals surface area (Å²) in [7, 11) is 8.37. The lowest BCUT2D eigenvalue weighted by atomic mass is 9.84. The number of aryl methyl sites for hydroxylation is 11. The molecule has 9 heteroatoms. The van der Waals surface area contributed by atoms with Crippen molar-refractivity contribution in [2.24, 2.45) is 28.2 Å². The molecule has 8 aromatic heterocycles. The largest absolute Gasteiger partial charge is 0.351 e. The molecule has 8 heterocycles. The summed E-state index contributed by atoms with van der Waals surface area (Å²) in [5.74, 6) is 0. The molecule has 0 aliphatic rings. The minimum Gasteiger partial charge on any atom is -0.351 e. The summed E-state index contributed by atoms with van der Waals surface area (Å²) in [5.41, 5.74) is 30.7. The Bertz CT molecular complexity index is 6040. The van der Waals surface area contributed by atoms with E-state index in [0.29, 0.717) is 5.69 Å². The van der Waals surface area contributed by atoms with Crippen LogP contribution in [-0.2, 0) is 33.6 Å². The molecular weight excluding hydrogens is 1280 g/mol. The van der Waals surface area contributed by atoms with Crippen LogP contribution in [0.4, 0.5) is 5.69 Å². The van der Waals surface area contributed by atoms with Gasteiger partial charge in [0.1, 0.15) is 0 Å². The topological polar surface area (TPSA) is 39.6 Å². The standard InChI is InChI=1S/C26H29N2.C24H25N2.C23H20N3.C23H23N2/c1-18-14-20-10-7-8-11-21(20)17-28(18)25-16-22(26(3,4)5)15-23(19(25)2)24-12-9-13-27(24)6;1-16-13-17(2)24(19(4)23(16)22-11-8-12-25(22)5)26-15-21-10-7-6-9-20(21)14-18(26)3;1-16-12-18-8-5-6-9-19(18)15-26(16)23-14-20(24-3)13-21(17(23)2)22-10-7-11-25(22)4;1-16-12-21(22-10-7-11-24(22)4)18(3)23(13-16)25-15-20-9-6-5-8-19(20)14-17(25)2/h7-17H,1-6H3;6-15H,1-5H3;5-15H,1-2,4H3;5-15H,1-4H3/q4*+1. The second-order valence-electron chi connectivity index (χ2n) is 29.7. The van der Waals surface area contributed by atoms with Crippen molar-refractivity contribution >= 4 is 48.8 Å². The zero-order valence-electron chi connectivity index (χ0n) is 64.4. The highest BCUT2D eigenvalue weighted by molar-refractivity contribution is 5.85. The highest BCUT2D eigenvalue weighted by Gasteiger charge is 2.28. The van der Waals surface area contributed by atoms with Gasteiger partial charge in [-0.25, -0.2) is 4.85 Å². The molecule has 0 amide bonds. The van der Waals surface area contributed by atoms with Crippen molar-refractivity contribution in [3.8, 4) is 67.8 Å². The van der Waals surface area contributed by atoms with Crippen molar-refractivity contribution in [3.05, 3.63) is 341 Å². The molecule has 105 heavy (non-hydrogen) atoms. The first-order valence-electron chi connectivity index (χ1n) is 36.4. The van der Waals surface area contributed by atoms with Crippen LogP contribution in [0.1, 0.15) is 88.1 Å². The average molecular weight is 1380 g/mol. The summed E-state index contributed by atoms with van der Waals surface area (Å²) >= 11 is 0. The van der Waals surface area contributed by atoms with E-state index in [2.05, 4.69) is 397 Å². The predicted octanol–water partition coefficient (Wildman–Crippen LogP) is 21.7. The van der Waals surface area contributed by atoms with Crippen molar-refractivity contribution < 1.29 is 18.3 Å². The maximum Gasteiger partial charge on any atom is 0.217 e. The van der Waals surface area contributed by atoms with Crippen LogP contribution in [0, 0.1) is 82.7 Å². The van der Waals surface area contributed by atoms with E-state index in [0.717, 1.165) is 22.6 Å². The van der Waals surface area contributed by atoms with E-state index in [1.807, 2.05) is 31.4 Å². The third kappa shape index (κ3) is 14.3. The van der Waals surface area contributed by atoms with E-state index < -0.39 is 0 Å². The van der Waals surface area contributed by atoms with Gasteiger partial charge in [-0.05, 0) is 195 Å². The van der Waals surface area contributed by atoms with Gasteiger partial charge in [0.25, 0.3) is 0 Å². The molecule has 0 atom stereocenters. The Morgan fingerprint density at radius 2 is 0.648 bits per heavy atom. The zero-order chi connectivity index (χ0) is 74.3. The molecular formula is C96H97N9+4. The summed E-state index contributed by atoms with van der Waals surface area (Å²) in [6.45, 7) is 38.5. The van der Waals surface area contributed by atoms with Crippen molar-refractivity contribution in [3.63, 3.8) is 0 Å². The molecule has 0 saturated carbocycles. The lowest BCUT2D eigenvalue weighted by molar-refractivity contribution is -0.602. The van der Waals surface area contributed by atoms with E-state index >= 15 is 0 Å². The second-order valence-corrected chi connectivity index (χ2v) is 29.7. The fourth-order valence-corrected chi connectivity index (χ4v) is 15.4. The Morgan fingerprint density at radius 1 is 0.314 bits per heavy atom. The lowest BCUT2D eigenvalue weighted by Gasteiger charge is -2.22. The molecule has 0 bridgehead atoms. The number of pyridine rings is 4. The number of nitrogens with zero attached hydrogens (tertiary/aromatic N) is 9. The van der Waals surface area contributed by atoms with Gasteiger partial charge in [-0.15, -0.1) is 0 Å². The van der Waals surface area contributed by atoms with Crippen molar-refractivity contribution in [1.29, 1.82) is 0 Å². The fraction of sp³-hybridized carbons (Fsp3) is 0.198. The molecule has 16 aromatic rings. The minimum atomic E-state index is 0.0771. The van der Waals surface area contributed by atoms with Crippen LogP contribution >= 0.6 is 0 Å². The lowest BCUT2D eigenvalue weighted by Crippen LogP contribution is -2.36. The van der Waals surface area contributed by atoms with E-state index in [4.69, 9.17) is 6.57 Å². The summed E-state index contributed by atoms with van der Waals surface area (Å²) in [6, 6.07) is 75.7. The summed E-state index contributed by atoms with van der Waals surface area (Å²) in [4.78, 5) is 3.72. The third-order valence-electron chi connectivity index (χ3n) is 21.1. The van der Waals surface area contributed by atoms with Gasteiger partial charge in [-0.3, -0.25) is 0 Å². The maximum absolute atomic E-state index is 7.54. The van der Waals surface area contributed by atoms with Crippen LogP contribution in [0.5, 0.6) is 0 Å². The Labute approximate surface area is 620 Å². The van der Waals surface area contributed by atoms with Crippen LogP contribution in [0.15, 0.2) is 262 Å². The number of hydrogen-bond donors (Lipinski definition) is 0. The molecule has 522 valence electrons. The quantitative estimate of drug-likeness (QED) is 0.107. The molecule has 8 aromatic carbocycles. The number of rotatable bonds is 8. The zero-order valence-corrected chi connectivity index (χ0v) is 64.4. The van der Waals surface area contributed by atoms with Gasteiger partial charge in [0.2, 0.25) is 22.7 Å². The van der Waals surface area contributed by atoms with Crippen LogP contribution in [-0.4, -0.2) is 18.3 Å². The molecule has 0 unspecified atom stereocenters. The first kappa shape index (κ1) is 71.4. The minimum absolute atomic E-state index is 0.0771. The van der Waals surface area contributed by atoms with Gasteiger partial charge in [0, 0.05) is 212 Å². The van der Waals surface area contributed by atoms with Crippen molar-refractivity contribution in [1.82, 2.24) is 18.3 Å². The van der Waals surface area contributed by atoms with Gasteiger partial charge in [0.15, 0.2) is 53.3 Å². The number of fused-ring (bicyclic) bond motifs is 4. The average Bonchev–Trinajstić information content (AvgIpc) is 1.54. The predicted molar refractivity (Wildman–Crippen MR) is 437 cm³/mol. The second kappa shape index (κ2) is 29.4. The molecule has 0 aliphatic carbocycles. The van der Waals surface area contributed by atoms with Crippen LogP contribution in [0.3, 0.4) is 0 Å². The smallest absolute Gasteiger partial charge is 0.217 e. The Morgan fingerprint density at radius 3 is 1.02 bits per heavy atom. The maximum atomic E-state index is 7.54. The van der Waals surface area contributed by atoms with Crippen molar-refractivity contribution in [2.45, 2.75) is 102 Å². The number of hydrogen-bond acceptors (Lipinski definition) is 0. The monoisotopic (exact) mass is 1380 g/mol. The van der Waals surface area contributed by atoms with Gasteiger partial charge in [-0.2, -0.15) is 18.3 Å². The molecule has 9 nitrogen and oxygen atoms in total. The van der Waals surface area contributed by atoms with E-state index in [-0.39, 0.29) is 5.41 Å². The van der Waals surface area contributed by atoms with E-state index in [9.17, 15) is 0 Å². The van der Waals surface area contributed by atoms with Gasteiger partial charge < -0.3 is 18.3 Å². The van der Waals surface area contributed by atoms with Crippen LogP contribution in [0.25, 0.3) is 116 Å². The molecule has 0 fully saturated rings. The molecule has 0 N–H and O–H groups in total. The van der Waals surface area contributed by atoms with Gasteiger partial charge in [0.05, 0.1) is 6.57 Å². The highest BCUT2D eigenvalue weighted by Crippen LogP contribution is 2.37. The van der Waals surface area contributed by atoms with E-state index in [1.165, 1.54) is 156 Å². The van der Waals surface area contributed by atoms with Crippen LogP contribution in [0.2, 0.25) is 0 Å². The van der Waals surface area contributed by atoms with Crippen molar-refractivity contribution in [2.75, 3.05) is 0 Å². The Hall–Kier alpha value is -12.0. The molecule has 0 spiro atoms. The third-order valence-corrected chi connectivity index (χ3v) is 21.1.